The second-order valence-electron chi connectivity index (χ2n) is 4.07. The molecular weight excluding hydrogens is 249 g/mol. The van der Waals surface area contributed by atoms with E-state index in [4.69, 9.17) is 5.11 Å². The molecule has 1 aromatic rings. The van der Waals surface area contributed by atoms with Gasteiger partial charge < -0.3 is 10.0 Å². The number of carboxylic acids is 1. The highest BCUT2D eigenvalue weighted by molar-refractivity contribution is 5.78. The number of carbonyl (C=O) groups is 1. The number of carboxylic acid groups (broad SMARTS) is 1. The number of anilines is 1. The molecule has 0 amide bonds. The van der Waals surface area contributed by atoms with Crippen LogP contribution in [0.25, 0.3) is 0 Å². The largest absolute Gasteiger partial charge is 0.480 e. The van der Waals surface area contributed by atoms with Gasteiger partial charge in [0.25, 0.3) is 0 Å². The molecule has 2 rings (SSSR count). The van der Waals surface area contributed by atoms with E-state index in [0.29, 0.717) is 19.4 Å². The average molecular weight is 260 g/mol. The second-order valence-corrected chi connectivity index (χ2v) is 4.07. The highest BCUT2D eigenvalue weighted by atomic mass is 19.4. The van der Waals surface area contributed by atoms with Gasteiger partial charge in [-0.2, -0.15) is 13.2 Å². The van der Waals surface area contributed by atoms with E-state index in [1.807, 2.05) is 0 Å². The summed E-state index contributed by atoms with van der Waals surface area (Å²) in [5.41, 5.74) is -1.00. The molecule has 1 N–H and O–H groups in total. The molecule has 4 nitrogen and oxygen atoms in total. The van der Waals surface area contributed by atoms with Crippen LogP contribution in [0.4, 0.5) is 19.0 Å². The van der Waals surface area contributed by atoms with Crippen molar-refractivity contribution in [3.05, 3.63) is 23.9 Å². The zero-order valence-corrected chi connectivity index (χ0v) is 9.31. The van der Waals surface area contributed by atoms with E-state index >= 15 is 0 Å². The highest BCUT2D eigenvalue weighted by Crippen LogP contribution is 2.30. The van der Waals surface area contributed by atoms with E-state index < -0.39 is 23.9 Å². The average Bonchev–Trinajstić information content (AvgIpc) is 2.77. The molecule has 1 fully saturated rings. The van der Waals surface area contributed by atoms with Gasteiger partial charge in [-0.05, 0) is 25.0 Å². The number of aliphatic carboxylic acids is 1. The number of pyridine rings is 1. The summed E-state index contributed by atoms with van der Waals surface area (Å²) < 4.78 is 37.5. The Kier molecular flexibility index (Phi) is 3.14. The Balaban J connectivity index is 2.31. The molecular formula is C11H11F3N2O2. The molecule has 7 heteroatoms. The molecule has 0 bridgehead atoms. The molecule has 1 aliphatic rings. The molecule has 0 spiro atoms. The van der Waals surface area contributed by atoms with Crippen LogP contribution in [0.15, 0.2) is 18.2 Å². The van der Waals surface area contributed by atoms with Gasteiger partial charge in [0, 0.05) is 6.54 Å². The van der Waals surface area contributed by atoms with Crippen LogP contribution in [0.5, 0.6) is 0 Å². The fourth-order valence-electron chi connectivity index (χ4n) is 2.04. The Morgan fingerprint density at radius 2 is 2.17 bits per heavy atom. The molecule has 1 unspecified atom stereocenters. The lowest BCUT2D eigenvalue weighted by Crippen LogP contribution is -2.36. The summed E-state index contributed by atoms with van der Waals surface area (Å²) in [6.45, 7) is 0.408. The van der Waals surface area contributed by atoms with E-state index in [9.17, 15) is 18.0 Å². The van der Waals surface area contributed by atoms with Crippen molar-refractivity contribution >= 4 is 11.8 Å². The number of hydrogen-bond donors (Lipinski definition) is 1. The molecule has 1 aromatic heterocycles. The quantitative estimate of drug-likeness (QED) is 0.885. The number of aromatic nitrogens is 1. The minimum absolute atomic E-state index is 0.0646. The number of nitrogens with zero attached hydrogens (tertiary/aromatic N) is 2. The van der Waals surface area contributed by atoms with Gasteiger partial charge in [-0.3, -0.25) is 0 Å². The first-order chi connectivity index (χ1) is 8.39. The van der Waals surface area contributed by atoms with Crippen molar-refractivity contribution in [1.29, 1.82) is 0 Å². The zero-order valence-electron chi connectivity index (χ0n) is 9.31. The summed E-state index contributed by atoms with van der Waals surface area (Å²) in [6, 6.07) is 2.72. The van der Waals surface area contributed by atoms with Gasteiger partial charge in [-0.25, -0.2) is 9.78 Å². The van der Waals surface area contributed by atoms with Gasteiger partial charge in [0.05, 0.1) is 0 Å². The number of alkyl halides is 3. The molecule has 1 atom stereocenters. The first kappa shape index (κ1) is 12.7. The lowest BCUT2D eigenvalue weighted by atomic mass is 10.2. The van der Waals surface area contributed by atoms with Gasteiger partial charge in [0.15, 0.2) is 0 Å². The van der Waals surface area contributed by atoms with E-state index in [-0.39, 0.29) is 5.82 Å². The van der Waals surface area contributed by atoms with Crippen LogP contribution in [-0.2, 0) is 11.0 Å². The molecule has 0 aromatic carbocycles. The van der Waals surface area contributed by atoms with Gasteiger partial charge in [-0.15, -0.1) is 0 Å². The maximum Gasteiger partial charge on any atom is 0.433 e. The maximum atomic E-state index is 12.5. The van der Waals surface area contributed by atoms with Gasteiger partial charge in [0.1, 0.15) is 17.6 Å². The van der Waals surface area contributed by atoms with Gasteiger partial charge in [-0.1, -0.05) is 6.07 Å². The number of hydrogen-bond acceptors (Lipinski definition) is 3. The summed E-state index contributed by atoms with van der Waals surface area (Å²) in [4.78, 5) is 15.9. The Bertz CT molecular complexity index is 462. The van der Waals surface area contributed by atoms with E-state index in [2.05, 4.69) is 4.98 Å². The van der Waals surface area contributed by atoms with Crippen molar-refractivity contribution in [2.75, 3.05) is 11.4 Å². The molecule has 1 saturated heterocycles. The van der Waals surface area contributed by atoms with E-state index in [0.717, 1.165) is 6.07 Å². The van der Waals surface area contributed by atoms with Crippen molar-refractivity contribution in [2.24, 2.45) is 0 Å². The Labute approximate surface area is 101 Å². The molecule has 1 aliphatic heterocycles. The van der Waals surface area contributed by atoms with Crippen LogP contribution in [-0.4, -0.2) is 28.6 Å². The van der Waals surface area contributed by atoms with Crippen LogP contribution in [0.2, 0.25) is 0 Å². The summed E-state index contributed by atoms with van der Waals surface area (Å²) in [7, 11) is 0. The van der Waals surface area contributed by atoms with Crippen LogP contribution in [0.3, 0.4) is 0 Å². The Morgan fingerprint density at radius 1 is 1.44 bits per heavy atom. The zero-order chi connectivity index (χ0) is 13.3. The Morgan fingerprint density at radius 3 is 2.78 bits per heavy atom. The number of halogens is 3. The summed E-state index contributed by atoms with van der Waals surface area (Å²) in [5.74, 6) is -0.971. The van der Waals surface area contributed by atoms with Gasteiger partial charge >= 0.3 is 12.1 Å². The molecule has 2 heterocycles. The normalized spacial score (nSPS) is 20.2. The molecule has 98 valence electrons. The van der Waals surface area contributed by atoms with Crippen LogP contribution >= 0.6 is 0 Å². The predicted octanol–water partition coefficient (Wildman–Crippen LogP) is 2.15. The molecule has 18 heavy (non-hydrogen) atoms. The second kappa shape index (κ2) is 4.47. The lowest BCUT2D eigenvalue weighted by Gasteiger charge is -2.23. The first-order valence-corrected chi connectivity index (χ1v) is 5.43. The van der Waals surface area contributed by atoms with E-state index in [1.54, 1.807) is 0 Å². The van der Waals surface area contributed by atoms with Crippen molar-refractivity contribution in [3.8, 4) is 0 Å². The first-order valence-electron chi connectivity index (χ1n) is 5.43. The summed E-state index contributed by atoms with van der Waals surface area (Å²) in [5, 5.41) is 8.98. The minimum atomic E-state index is -4.52. The van der Waals surface area contributed by atoms with Crippen LogP contribution < -0.4 is 4.90 Å². The predicted molar refractivity (Wildman–Crippen MR) is 57.2 cm³/mol. The summed E-state index contributed by atoms with van der Waals surface area (Å²) in [6.07, 6.45) is -3.46. The van der Waals surface area contributed by atoms with Crippen LogP contribution in [0, 0.1) is 0 Å². The lowest BCUT2D eigenvalue weighted by molar-refractivity contribution is -0.141. The van der Waals surface area contributed by atoms with E-state index in [1.165, 1.54) is 17.0 Å². The smallest absolute Gasteiger partial charge is 0.433 e. The Hall–Kier alpha value is -1.79. The third-order valence-electron chi connectivity index (χ3n) is 2.86. The third-order valence-corrected chi connectivity index (χ3v) is 2.86. The van der Waals surface area contributed by atoms with Crippen molar-refractivity contribution < 1.29 is 23.1 Å². The topological polar surface area (TPSA) is 53.4 Å². The molecule has 0 saturated carbocycles. The fourth-order valence-corrected chi connectivity index (χ4v) is 2.04. The maximum absolute atomic E-state index is 12.5. The SMILES string of the molecule is O=C(O)C1CCCN1c1cccc(C(F)(F)F)n1. The fraction of sp³-hybridized carbons (Fsp3) is 0.455. The molecule has 0 aliphatic carbocycles. The van der Waals surface area contributed by atoms with Gasteiger partial charge in [0.2, 0.25) is 0 Å². The monoisotopic (exact) mass is 260 g/mol. The summed E-state index contributed by atoms with van der Waals surface area (Å²) >= 11 is 0. The molecule has 0 radical (unpaired) electrons. The van der Waals surface area contributed by atoms with Crippen molar-refractivity contribution in [2.45, 2.75) is 25.1 Å². The van der Waals surface area contributed by atoms with Crippen molar-refractivity contribution in [1.82, 2.24) is 4.98 Å². The third kappa shape index (κ3) is 2.39. The standard InChI is InChI=1S/C11H11F3N2O2/c12-11(13,14)8-4-1-5-9(15-8)16-6-2-3-7(16)10(17)18/h1,4-5,7H,2-3,6H2,(H,17,18). The number of rotatable bonds is 2. The highest BCUT2D eigenvalue weighted by Gasteiger charge is 2.35. The van der Waals surface area contributed by atoms with Crippen molar-refractivity contribution in [3.63, 3.8) is 0 Å². The minimum Gasteiger partial charge on any atom is -0.480 e. The van der Waals surface area contributed by atoms with Crippen LogP contribution in [0.1, 0.15) is 18.5 Å².